The van der Waals surface area contributed by atoms with Crippen LogP contribution in [0, 0.1) is 13.8 Å². The molecule has 2 aromatic rings. The van der Waals surface area contributed by atoms with Gasteiger partial charge >= 0.3 is 0 Å². The first-order valence-electron chi connectivity index (χ1n) is 7.92. The molecule has 2 rings (SSSR count). The van der Waals surface area contributed by atoms with E-state index in [4.69, 9.17) is 0 Å². The lowest BCUT2D eigenvalue weighted by Gasteiger charge is -2.14. The maximum Gasteiger partial charge on any atom is 0.222 e. The summed E-state index contributed by atoms with van der Waals surface area (Å²) >= 11 is 1.74. The van der Waals surface area contributed by atoms with Crippen LogP contribution in [0.5, 0.6) is 0 Å². The van der Waals surface area contributed by atoms with Crippen LogP contribution in [0.3, 0.4) is 0 Å². The van der Waals surface area contributed by atoms with E-state index in [1.807, 2.05) is 31.5 Å². The van der Waals surface area contributed by atoms with Gasteiger partial charge < -0.3 is 5.32 Å². The molecular formula is C18H25N3OS. The fourth-order valence-electron chi connectivity index (χ4n) is 2.66. The second-order valence-electron chi connectivity index (χ2n) is 5.87. The van der Waals surface area contributed by atoms with Gasteiger partial charge in [-0.3, -0.25) is 9.48 Å². The highest BCUT2D eigenvalue weighted by atomic mass is 32.2. The van der Waals surface area contributed by atoms with E-state index in [0.29, 0.717) is 13.0 Å². The van der Waals surface area contributed by atoms with Crippen LogP contribution in [-0.4, -0.2) is 28.5 Å². The molecule has 0 unspecified atom stereocenters. The zero-order chi connectivity index (χ0) is 16.8. The quantitative estimate of drug-likeness (QED) is 0.790. The smallest absolute Gasteiger partial charge is 0.222 e. The van der Waals surface area contributed by atoms with Gasteiger partial charge in [0.1, 0.15) is 0 Å². The molecule has 0 radical (unpaired) electrons. The molecule has 0 aliphatic carbocycles. The summed E-state index contributed by atoms with van der Waals surface area (Å²) in [6, 6.07) is 10.6. The Balaban J connectivity index is 1.77. The number of thioether (sulfide) groups is 1. The highest BCUT2D eigenvalue weighted by Crippen LogP contribution is 2.15. The Morgan fingerprint density at radius 1 is 1.30 bits per heavy atom. The number of benzene rings is 1. The zero-order valence-electron chi connectivity index (χ0n) is 14.3. The summed E-state index contributed by atoms with van der Waals surface area (Å²) in [5.41, 5.74) is 3.33. The second-order valence-corrected chi connectivity index (χ2v) is 6.75. The van der Waals surface area contributed by atoms with E-state index < -0.39 is 0 Å². The number of amides is 1. The number of carbonyl (C=O) groups is 1. The molecule has 5 heteroatoms. The topological polar surface area (TPSA) is 46.9 Å². The van der Waals surface area contributed by atoms with Crippen molar-refractivity contribution in [3.63, 3.8) is 0 Å². The first kappa shape index (κ1) is 17.6. The molecular weight excluding hydrogens is 306 g/mol. The third kappa shape index (κ3) is 5.13. The first-order chi connectivity index (χ1) is 11.0. The molecule has 1 atom stereocenters. The van der Waals surface area contributed by atoms with Gasteiger partial charge in [0.2, 0.25) is 5.91 Å². The third-order valence-electron chi connectivity index (χ3n) is 3.84. The molecule has 0 spiro atoms. The molecule has 1 amide bonds. The molecule has 1 aromatic heterocycles. The average molecular weight is 331 g/mol. The van der Waals surface area contributed by atoms with Gasteiger partial charge in [-0.05, 0) is 57.2 Å². The minimum Gasteiger partial charge on any atom is -0.356 e. The predicted octanol–water partition coefficient (Wildman–Crippen LogP) is 3.53. The molecule has 0 bridgehead atoms. The maximum atomic E-state index is 12.1. The Labute approximate surface area is 142 Å². The molecule has 0 saturated carbocycles. The van der Waals surface area contributed by atoms with Gasteiger partial charge in [0.05, 0.1) is 11.7 Å². The Morgan fingerprint density at radius 3 is 2.57 bits per heavy atom. The Hall–Kier alpha value is -1.75. The van der Waals surface area contributed by atoms with Crippen molar-refractivity contribution >= 4 is 17.7 Å². The van der Waals surface area contributed by atoms with Gasteiger partial charge in [-0.1, -0.05) is 12.1 Å². The summed E-state index contributed by atoms with van der Waals surface area (Å²) in [5, 5.41) is 7.44. The number of aromatic nitrogens is 2. The predicted molar refractivity (Wildman–Crippen MR) is 96.0 cm³/mol. The van der Waals surface area contributed by atoms with Crippen molar-refractivity contribution in [3.05, 3.63) is 47.3 Å². The molecule has 4 nitrogen and oxygen atoms in total. The zero-order valence-corrected chi connectivity index (χ0v) is 15.1. The number of nitrogens with zero attached hydrogens (tertiary/aromatic N) is 2. The molecule has 0 aliphatic rings. The van der Waals surface area contributed by atoms with E-state index in [1.165, 1.54) is 10.5 Å². The van der Waals surface area contributed by atoms with Gasteiger partial charge in [0, 0.05) is 23.6 Å². The average Bonchev–Trinajstić information content (AvgIpc) is 2.86. The highest BCUT2D eigenvalue weighted by molar-refractivity contribution is 7.98. The van der Waals surface area contributed by atoms with Crippen molar-refractivity contribution in [2.75, 3.05) is 12.8 Å². The number of carbonyl (C=O) groups excluding carboxylic acids is 1. The van der Waals surface area contributed by atoms with E-state index in [9.17, 15) is 4.79 Å². The van der Waals surface area contributed by atoms with Crippen LogP contribution in [0.25, 0.3) is 0 Å². The summed E-state index contributed by atoms with van der Waals surface area (Å²) in [6.07, 6.45) is 3.38. The van der Waals surface area contributed by atoms with Crippen molar-refractivity contribution in [2.24, 2.45) is 0 Å². The van der Waals surface area contributed by atoms with E-state index >= 15 is 0 Å². The van der Waals surface area contributed by atoms with E-state index in [1.54, 1.807) is 11.8 Å². The lowest BCUT2D eigenvalue weighted by atomic mass is 10.1. The van der Waals surface area contributed by atoms with E-state index in [0.717, 1.165) is 17.8 Å². The summed E-state index contributed by atoms with van der Waals surface area (Å²) in [7, 11) is 0. The maximum absolute atomic E-state index is 12.1. The van der Waals surface area contributed by atoms with Gasteiger partial charge in [0.15, 0.2) is 0 Å². The Morgan fingerprint density at radius 2 is 2.00 bits per heavy atom. The number of aryl methyl sites for hydroxylation is 2. The molecule has 1 heterocycles. The molecule has 0 aliphatic heterocycles. The summed E-state index contributed by atoms with van der Waals surface area (Å²) in [5.74, 6) is 0.0748. The summed E-state index contributed by atoms with van der Waals surface area (Å²) < 4.78 is 1.93. The van der Waals surface area contributed by atoms with Gasteiger partial charge in [0.25, 0.3) is 0 Å². The van der Waals surface area contributed by atoms with Crippen LogP contribution in [0.2, 0.25) is 0 Å². The Bertz CT molecular complexity index is 649. The van der Waals surface area contributed by atoms with Crippen molar-refractivity contribution < 1.29 is 4.79 Å². The second kappa shape index (κ2) is 8.20. The van der Waals surface area contributed by atoms with Crippen molar-refractivity contribution in [2.45, 2.75) is 44.6 Å². The molecule has 1 aromatic carbocycles. The molecule has 0 saturated heterocycles. The van der Waals surface area contributed by atoms with Gasteiger partial charge in [-0.25, -0.2) is 0 Å². The van der Waals surface area contributed by atoms with Crippen LogP contribution >= 0.6 is 11.8 Å². The van der Waals surface area contributed by atoms with Crippen molar-refractivity contribution in [1.82, 2.24) is 15.1 Å². The number of hydrogen-bond donors (Lipinski definition) is 1. The van der Waals surface area contributed by atoms with E-state index in [-0.39, 0.29) is 11.9 Å². The standard InChI is InChI=1S/C18H25N3OS/c1-13-11-14(2)21(20-13)15(3)12-18(22)19-10-9-16-5-7-17(23-4)8-6-16/h5-8,11,15H,9-10,12H2,1-4H3,(H,19,22)/t15-/m0/s1. The first-order valence-corrected chi connectivity index (χ1v) is 9.14. The Kier molecular flexibility index (Phi) is 6.28. The highest BCUT2D eigenvalue weighted by Gasteiger charge is 2.13. The number of rotatable bonds is 7. The molecule has 23 heavy (non-hydrogen) atoms. The summed E-state index contributed by atoms with van der Waals surface area (Å²) in [4.78, 5) is 13.3. The summed E-state index contributed by atoms with van der Waals surface area (Å²) in [6.45, 7) is 6.69. The van der Waals surface area contributed by atoms with Crippen LogP contribution in [0.4, 0.5) is 0 Å². The lowest BCUT2D eigenvalue weighted by molar-refractivity contribution is -0.121. The van der Waals surface area contributed by atoms with Crippen LogP contribution in [0.15, 0.2) is 35.2 Å². The van der Waals surface area contributed by atoms with Crippen LogP contribution < -0.4 is 5.32 Å². The van der Waals surface area contributed by atoms with Crippen molar-refractivity contribution in [1.29, 1.82) is 0 Å². The number of nitrogens with one attached hydrogen (secondary N) is 1. The fraction of sp³-hybridized carbons (Fsp3) is 0.444. The molecule has 1 N–H and O–H groups in total. The number of hydrogen-bond acceptors (Lipinski definition) is 3. The minimum atomic E-state index is 0.0737. The van der Waals surface area contributed by atoms with E-state index in [2.05, 4.69) is 40.9 Å². The van der Waals surface area contributed by atoms with Gasteiger partial charge in [-0.2, -0.15) is 5.10 Å². The molecule has 0 fully saturated rings. The van der Waals surface area contributed by atoms with Crippen LogP contribution in [0.1, 0.15) is 36.3 Å². The monoisotopic (exact) mass is 331 g/mol. The fourth-order valence-corrected chi connectivity index (χ4v) is 3.07. The van der Waals surface area contributed by atoms with Gasteiger partial charge in [-0.15, -0.1) is 11.8 Å². The van der Waals surface area contributed by atoms with Crippen LogP contribution in [-0.2, 0) is 11.2 Å². The largest absolute Gasteiger partial charge is 0.356 e. The lowest BCUT2D eigenvalue weighted by Crippen LogP contribution is -2.28. The normalized spacial score (nSPS) is 12.2. The van der Waals surface area contributed by atoms with Crippen molar-refractivity contribution in [3.8, 4) is 0 Å². The third-order valence-corrected chi connectivity index (χ3v) is 4.58. The minimum absolute atomic E-state index is 0.0737. The molecule has 124 valence electrons. The SMILES string of the molecule is CSc1ccc(CCNC(=O)C[C@H](C)n2nc(C)cc2C)cc1.